The van der Waals surface area contributed by atoms with Crippen LogP contribution in [0.4, 0.5) is 4.39 Å². The average Bonchev–Trinajstić information content (AvgIpc) is 2.67. The van der Waals surface area contributed by atoms with Gasteiger partial charge >= 0.3 is 5.69 Å². The van der Waals surface area contributed by atoms with Gasteiger partial charge in [-0.25, -0.2) is 13.8 Å². The molecule has 0 unspecified atom stereocenters. The van der Waals surface area contributed by atoms with Gasteiger partial charge in [0.2, 0.25) is 5.88 Å². The van der Waals surface area contributed by atoms with E-state index < -0.39 is 22.9 Å². The zero-order valence-electron chi connectivity index (χ0n) is 16.0. The van der Waals surface area contributed by atoms with Crippen molar-refractivity contribution < 1.29 is 14.2 Å². The zero-order chi connectivity index (χ0) is 21.0. The Morgan fingerprint density at radius 3 is 2.69 bits per heavy atom. The monoisotopic (exact) mass is 397 g/mol. The molecule has 0 saturated heterocycles. The van der Waals surface area contributed by atoms with E-state index in [4.69, 9.17) is 4.74 Å². The van der Waals surface area contributed by atoms with E-state index in [0.29, 0.717) is 17.9 Å². The molecule has 0 saturated carbocycles. The molecule has 1 aromatic heterocycles. The lowest BCUT2D eigenvalue weighted by molar-refractivity contribution is 0.336. The Kier molecular flexibility index (Phi) is 5.92. The second-order valence-electron chi connectivity index (χ2n) is 6.23. The van der Waals surface area contributed by atoms with Crippen molar-refractivity contribution in [2.75, 3.05) is 6.61 Å². The summed E-state index contributed by atoms with van der Waals surface area (Å²) in [7, 11) is 0. The van der Waals surface area contributed by atoms with Gasteiger partial charge in [0.15, 0.2) is 0 Å². The lowest BCUT2D eigenvalue weighted by Crippen LogP contribution is -2.33. The Balaban J connectivity index is 2.10. The van der Waals surface area contributed by atoms with Gasteiger partial charge in [-0.2, -0.15) is 0 Å². The smallest absolute Gasteiger partial charge is 0.335 e. The van der Waals surface area contributed by atoms with E-state index in [1.165, 1.54) is 19.1 Å². The van der Waals surface area contributed by atoms with Crippen LogP contribution in [0.3, 0.4) is 0 Å². The summed E-state index contributed by atoms with van der Waals surface area (Å²) in [4.78, 5) is 31.3. The standard InChI is InChI=1S/C21H20FN3O4/c1-3-29-17-10-5-4-9-16(17)25-20(27)18(19(26)24-21(25)28)13(2)23-12-14-7-6-8-15(22)11-14/h4-11,27H,3,12H2,1-2H3,(H,24,26,28). The number of aromatic nitrogens is 2. The SMILES string of the molecule is CCOc1ccccc1-n1c(O)c(C(C)=NCc2cccc(F)c2)c(=O)[nH]c1=O. The highest BCUT2D eigenvalue weighted by molar-refractivity contribution is 6.00. The summed E-state index contributed by atoms with van der Waals surface area (Å²) in [6.45, 7) is 3.79. The van der Waals surface area contributed by atoms with E-state index in [1.807, 2.05) is 0 Å². The Morgan fingerprint density at radius 2 is 1.97 bits per heavy atom. The number of nitrogens with one attached hydrogen (secondary N) is 1. The minimum absolute atomic E-state index is 0.108. The third kappa shape index (κ3) is 4.26. The predicted octanol–water partition coefficient (Wildman–Crippen LogP) is 2.78. The molecule has 0 bridgehead atoms. The molecule has 0 fully saturated rings. The maximum absolute atomic E-state index is 13.3. The Morgan fingerprint density at radius 1 is 1.21 bits per heavy atom. The van der Waals surface area contributed by atoms with Crippen molar-refractivity contribution in [3.8, 4) is 17.3 Å². The molecule has 8 heteroatoms. The number of hydrogen-bond donors (Lipinski definition) is 2. The lowest BCUT2D eigenvalue weighted by atomic mass is 10.2. The molecule has 29 heavy (non-hydrogen) atoms. The van der Waals surface area contributed by atoms with Crippen LogP contribution in [-0.2, 0) is 6.54 Å². The minimum atomic E-state index is -0.804. The van der Waals surface area contributed by atoms with E-state index in [2.05, 4.69) is 9.98 Å². The number of para-hydroxylation sites is 2. The van der Waals surface area contributed by atoms with Gasteiger partial charge in [-0.1, -0.05) is 24.3 Å². The number of halogens is 1. The summed E-state index contributed by atoms with van der Waals surface area (Å²) in [6.07, 6.45) is 0. The largest absolute Gasteiger partial charge is 0.493 e. The minimum Gasteiger partial charge on any atom is -0.493 e. The second-order valence-corrected chi connectivity index (χ2v) is 6.23. The maximum Gasteiger partial charge on any atom is 0.335 e. The molecular weight excluding hydrogens is 377 g/mol. The molecular formula is C21H20FN3O4. The van der Waals surface area contributed by atoms with Crippen molar-refractivity contribution in [3.63, 3.8) is 0 Å². The quantitative estimate of drug-likeness (QED) is 0.625. The third-order valence-corrected chi connectivity index (χ3v) is 4.24. The first-order chi connectivity index (χ1) is 13.9. The highest BCUT2D eigenvalue weighted by Gasteiger charge is 2.19. The number of hydrogen-bond acceptors (Lipinski definition) is 5. The normalized spacial score (nSPS) is 11.5. The van der Waals surface area contributed by atoms with Gasteiger partial charge in [0.1, 0.15) is 17.1 Å². The summed E-state index contributed by atoms with van der Waals surface area (Å²) in [5, 5.41) is 10.8. The molecule has 2 N–H and O–H groups in total. The van der Waals surface area contributed by atoms with Gasteiger partial charge in [0.25, 0.3) is 5.56 Å². The highest BCUT2D eigenvalue weighted by atomic mass is 19.1. The van der Waals surface area contributed by atoms with Crippen molar-refractivity contribution in [2.24, 2.45) is 4.99 Å². The van der Waals surface area contributed by atoms with E-state index in [1.54, 1.807) is 43.3 Å². The third-order valence-electron chi connectivity index (χ3n) is 4.24. The molecule has 2 aromatic carbocycles. The van der Waals surface area contributed by atoms with Crippen LogP contribution < -0.4 is 16.0 Å². The zero-order valence-corrected chi connectivity index (χ0v) is 16.0. The molecule has 3 aromatic rings. The molecule has 3 rings (SSSR count). The summed E-state index contributed by atoms with van der Waals surface area (Å²) in [6, 6.07) is 12.6. The van der Waals surface area contributed by atoms with E-state index in [-0.39, 0.29) is 23.5 Å². The van der Waals surface area contributed by atoms with Crippen molar-refractivity contribution in [3.05, 3.63) is 86.3 Å². The molecule has 7 nitrogen and oxygen atoms in total. The molecule has 150 valence electrons. The Bertz CT molecular complexity index is 1180. The van der Waals surface area contributed by atoms with Crippen LogP contribution >= 0.6 is 0 Å². The number of nitrogens with zero attached hydrogens (tertiary/aromatic N) is 2. The molecule has 0 aliphatic rings. The van der Waals surface area contributed by atoms with Crippen LogP contribution in [0.5, 0.6) is 11.6 Å². The van der Waals surface area contributed by atoms with Crippen LogP contribution in [0.1, 0.15) is 25.0 Å². The van der Waals surface area contributed by atoms with Crippen molar-refractivity contribution in [1.82, 2.24) is 9.55 Å². The van der Waals surface area contributed by atoms with Crippen LogP contribution in [0.2, 0.25) is 0 Å². The summed E-state index contributed by atoms with van der Waals surface area (Å²) in [5.74, 6) is -0.566. The van der Waals surface area contributed by atoms with Crippen molar-refractivity contribution in [2.45, 2.75) is 20.4 Å². The topological polar surface area (TPSA) is 96.7 Å². The first kappa shape index (κ1) is 20.1. The fourth-order valence-corrected chi connectivity index (χ4v) is 2.92. The summed E-state index contributed by atoms with van der Waals surface area (Å²) < 4.78 is 19.8. The molecule has 0 aliphatic heterocycles. The molecule has 1 heterocycles. The summed E-state index contributed by atoms with van der Waals surface area (Å²) >= 11 is 0. The van der Waals surface area contributed by atoms with Crippen LogP contribution in [-0.4, -0.2) is 27.0 Å². The fourth-order valence-electron chi connectivity index (χ4n) is 2.92. The van der Waals surface area contributed by atoms with Crippen molar-refractivity contribution >= 4 is 5.71 Å². The fraction of sp³-hybridized carbons (Fsp3) is 0.190. The number of rotatable bonds is 6. The van der Waals surface area contributed by atoms with Gasteiger partial charge in [-0.3, -0.25) is 14.8 Å². The number of aromatic hydroxyl groups is 1. The van der Waals surface area contributed by atoms with E-state index >= 15 is 0 Å². The predicted molar refractivity (Wildman–Crippen MR) is 108 cm³/mol. The van der Waals surface area contributed by atoms with Gasteiger partial charge in [0.05, 0.1) is 24.6 Å². The molecule has 0 radical (unpaired) electrons. The average molecular weight is 397 g/mol. The highest BCUT2D eigenvalue weighted by Crippen LogP contribution is 2.25. The number of aromatic amines is 1. The summed E-state index contributed by atoms with van der Waals surface area (Å²) in [5.41, 5.74) is -0.620. The number of aliphatic imine (C=N–C) groups is 1. The van der Waals surface area contributed by atoms with Crippen LogP contribution in [0.25, 0.3) is 5.69 Å². The van der Waals surface area contributed by atoms with Crippen LogP contribution in [0.15, 0.2) is 63.1 Å². The van der Waals surface area contributed by atoms with Gasteiger partial charge in [-0.15, -0.1) is 0 Å². The second kappa shape index (κ2) is 8.55. The number of benzene rings is 2. The van der Waals surface area contributed by atoms with Gasteiger partial charge in [-0.05, 0) is 43.7 Å². The maximum atomic E-state index is 13.3. The molecule has 0 atom stereocenters. The number of ether oxygens (including phenoxy) is 1. The molecule has 0 amide bonds. The van der Waals surface area contributed by atoms with Crippen LogP contribution in [0, 0.1) is 5.82 Å². The van der Waals surface area contributed by atoms with Gasteiger partial charge < -0.3 is 9.84 Å². The molecule has 0 spiro atoms. The first-order valence-electron chi connectivity index (χ1n) is 8.98. The van der Waals surface area contributed by atoms with Crippen molar-refractivity contribution in [1.29, 1.82) is 0 Å². The lowest BCUT2D eigenvalue weighted by Gasteiger charge is -2.15. The Hall–Kier alpha value is -3.68. The Labute approximate surface area is 165 Å². The van der Waals surface area contributed by atoms with E-state index in [9.17, 15) is 19.1 Å². The first-order valence-corrected chi connectivity index (χ1v) is 8.98. The molecule has 0 aliphatic carbocycles. The number of H-pyrrole nitrogens is 1. The van der Waals surface area contributed by atoms with E-state index in [0.717, 1.165) is 4.57 Å². The van der Waals surface area contributed by atoms with Gasteiger partial charge in [0, 0.05) is 0 Å².